The van der Waals surface area contributed by atoms with E-state index in [0.717, 1.165) is 5.56 Å². The van der Waals surface area contributed by atoms with Gasteiger partial charge in [-0.1, -0.05) is 55.0 Å². The first kappa shape index (κ1) is 11.8. The number of benzene rings is 1. The van der Waals surface area contributed by atoms with Crippen LogP contribution in [0.2, 0.25) is 13.1 Å². The number of hydrogen-bond donors (Lipinski definition) is 1. The molecule has 0 saturated heterocycles. The van der Waals surface area contributed by atoms with E-state index in [-0.39, 0.29) is 0 Å². The Kier molecular flexibility index (Phi) is 3.90. The van der Waals surface area contributed by atoms with Gasteiger partial charge in [0.15, 0.2) is 8.07 Å². The van der Waals surface area contributed by atoms with Crippen molar-refractivity contribution in [3.05, 3.63) is 48.2 Å². The van der Waals surface area contributed by atoms with Crippen molar-refractivity contribution in [2.75, 3.05) is 0 Å². The van der Waals surface area contributed by atoms with E-state index in [1.54, 1.807) is 0 Å². The van der Waals surface area contributed by atoms with Gasteiger partial charge < -0.3 is 5.11 Å². The molecular formula is C13H16OSi. The fourth-order valence-corrected chi connectivity index (χ4v) is 1.63. The lowest BCUT2D eigenvalue weighted by Gasteiger charge is -2.08. The highest BCUT2D eigenvalue weighted by molar-refractivity contribution is 6.89. The van der Waals surface area contributed by atoms with Crippen LogP contribution in [0, 0.1) is 11.5 Å². The van der Waals surface area contributed by atoms with E-state index in [0.29, 0.717) is 0 Å². The first-order valence-corrected chi connectivity index (χ1v) is 8.02. The Morgan fingerprint density at radius 2 is 1.93 bits per heavy atom. The minimum atomic E-state index is -1.63. The average Bonchev–Trinajstić information content (AvgIpc) is 2.27. The van der Waals surface area contributed by atoms with Gasteiger partial charge in [-0.05, 0) is 5.56 Å². The van der Waals surface area contributed by atoms with Crippen molar-refractivity contribution in [1.82, 2.24) is 0 Å². The Morgan fingerprint density at radius 3 is 2.47 bits per heavy atom. The SMILES string of the molecule is C=C[Si](C)(C)C#CC(O)c1ccccc1. The van der Waals surface area contributed by atoms with Crippen LogP contribution in [0.4, 0.5) is 0 Å². The molecule has 0 amide bonds. The second-order valence-corrected chi connectivity index (χ2v) is 8.11. The molecule has 1 nitrogen and oxygen atoms in total. The molecule has 1 rings (SSSR count). The molecule has 0 aliphatic carbocycles. The maximum absolute atomic E-state index is 9.79. The van der Waals surface area contributed by atoms with Gasteiger partial charge in [0.25, 0.3) is 0 Å². The van der Waals surface area contributed by atoms with Crippen molar-refractivity contribution in [2.45, 2.75) is 19.2 Å². The van der Waals surface area contributed by atoms with Crippen molar-refractivity contribution in [1.29, 1.82) is 0 Å². The van der Waals surface area contributed by atoms with Gasteiger partial charge in [-0.25, -0.2) is 0 Å². The molecule has 1 atom stereocenters. The average molecular weight is 216 g/mol. The predicted molar refractivity (Wildman–Crippen MR) is 66.9 cm³/mol. The topological polar surface area (TPSA) is 20.2 Å². The van der Waals surface area contributed by atoms with Crippen molar-refractivity contribution >= 4 is 8.07 Å². The van der Waals surface area contributed by atoms with E-state index in [9.17, 15) is 5.11 Å². The molecule has 0 aliphatic heterocycles. The molecule has 0 spiro atoms. The zero-order chi connectivity index (χ0) is 11.3. The molecule has 0 heterocycles. The second-order valence-electron chi connectivity index (χ2n) is 4.01. The summed E-state index contributed by atoms with van der Waals surface area (Å²) < 4.78 is 0. The van der Waals surface area contributed by atoms with Crippen molar-refractivity contribution in [2.24, 2.45) is 0 Å². The molecule has 0 aliphatic rings. The summed E-state index contributed by atoms with van der Waals surface area (Å²) >= 11 is 0. The van der Waals surface area contributed by atoms with E-state index in [1.165, 1.54) is 0 Å². The Labute approximate surface area is 92.5 Å². The third kappa shape index (κ3) is 3.74. The summed E-state index contributed by atoms with van der Waals surface area (Å²) in [5, 5.41) is 9.79. The van der Waals surface area contributed by atoms with Gasteiger partial charge in [-0.2, -0.15) is 0 Å². The van der Waals surface area contributed by atoms with Gasteiger partial charge in [0.05, 0.1) is 0 Å². The number of hydrogen-bond acceptors (Lipinski definition) is 1. The molecule has 0 radical (unpaired) electrons. The third-order valence-electron chi connectivity index (χ3n) is 2.16. The Hall–Kier alpha value is -1.30. The van der Waals surface area contributed by atoms with Gasteiger partial charge in [-0.3, -0.25) is 0 Å². The highest BCUT2D eigenvalue weighted by Gasteiger charge is 2.12. The summed E-state index contributed by atoms with van der Waals surface area (Å²) in [6, 6.07) is 9.47. The highest BCUT2D eigenvalue weighted by atomic mass is 28.3. The van der Waals surface area contributed by atoms with Crippen LogP contribution in [-0.4, -0.2) is 13.2 Å². The molecule has 0 fully saturated rings. The van der Waals surface area contributed by atoms with Crippen LogP contribution in [0.3, 0.4) is 0 Å². The molecule has 0 bridgehead atoms. The van der Waals surface area contributed by atoms with Crippen LogP contribution in [-0.2, 0) is 0 Å². The zero-order valence-corrected chi connectivity index (χ0v) is 10.2. The van der Waals surface area contributed by atoms with Gasteiger partial charge in [0.1, 0.15) is 6.10 Å². The Balaban J connectivity index is 2.80. The zero-order valence-electron chi connectivity index (χ0n) is 9.20. The van der Waals surface area contributed by atoms with Crippen LogP contribution in [0.15, 0.2) is 42.6 Å². The highest BCUT2D eigenvalue weighted by Crippen LogP contribution is 2.11. The monoisotopic (exact) mass is 216 g/mol. The van der Waals surface area contributed by atoms with Crippen LogP contribution in [0.25, 0.3) is 0 Å². The maximum atomic E-state index is 9.79. The van der Waals surface area contributed by atoms with Crippen molar-refractivity contribution in [3.8, 4) is 11.5 Å². The number of rotatable bonds is 2. The van der Waals surface area contributed by atoms with E-state index < -0.39 is 14.2 Å². The van der Waals surface area contributed by atoms with Gasteiger partial charge in [0, 0.05) is 0 Å². The van der Waals surface area contributed by atoms with Crippen LogP contribution >= 0.6 is 0 Å². The first-order valence-electron chi connectivity index (χ1n) is 4.94. The van der Waals surface area contributed by atoms with Crippen molar-refractivity contribution < 1.29 is 5.11 Å². The lowest BCUT2D eigenvalue weighted by Crippen LogP contribution is -2.19. The molecule has 1 N–H and O–H groups in total. The van der Waals surface area contributed by atoms with E-state index in [1.807, 2.05) is 36.0 Å². The van der Waals surface area contributed by atoms with E-state index >= 15 is 0 Å². The largest absolute Gasteiger partial charge is 0.376 e. The quantitative estimate of drug-likeness (QED) is 0.595. The van der Waals surface area contributed by atoms with Crippen LogP contribution in [0.5, 0.6) is 0 Å². The summed E-state index contributed by atoms with van der Waals surface area (Å²) in [4.78, 5) is 0. The lowest BCUT2D eigenvalue weighted by molar-refractivity contribution is 0.238. The fraction of sp³-hybridized carbons (Fsp3) is 0.231. The Bertz CT molecular complexity index is 384. The molecule has 1 unspecified atom stereocenters. The molecule has 0 aromatic heterocycles. The lowest BCUT2D eigenvalue weighted by atomic mass is 10.1. The standard InChI is InChI=1S/C13H16OSi/c1-4-15(2,3)11-10-13(14)12-8-6-5-7-9-12/h4-9,13-14H,1H2,2-3H3. The molecular weight excluding hydrogens is 200 g/mol. The van der Waals surface area contributed by atoms with Crippen molar-refractivity contribution in [3.63, 3.8) is 0 Å². The molecule has 0 saturated carbocycles. The second kappa shape index (κ2) is 4.97. The summed E-state index contributed by atoms with van der Waals surface area (Å²) in [5.74, 6) is 2.89. The smallest absolute Gasteiger partial charge is 0.155 e. The maximum Gasteiger partial charge on any atom is 0.155 e. The summed E-state index contributed by atoms with van der Waals surface area (Å²) in [7, 11) is -1.63. The minimum Gasteiger partial charge on any atom is -0.376 e. The molecule has 1 aromatic rings. The van der Waals surface area contributed by atoms with E-state index in [2.05, 4.69) is 31.1 Å². The molecule has 78 valence electrons. The number of aliphatic hydroxyl groups excluding tert-OH is 1. The fourth-order valence-electron chi connectivity index (χ4n) is 1.02. The summed E-state index contributed by atoms with van der Waals surface area (Å²) in [6.45, 7) is 7.96. The predicted octanol–water partition coefficient (Wildman–Crippen LogP) is 2.70. The summed E-state index contributed by atoms with van der Waals surface area (Å²) in [6.07, 6.45) is -0.682. The Morgan fingerprint density at radius 1 is 1.33 bits per heavy atom. The minimum absolute atomic E-state index is 0.682. The molecule has 15 heavy (non-hydrogen) atoms. The van der Waals surface area contributed by atoms with Crippen LogP contribution < -0.4 is 0 Å². The van der Waals surface area contributed by atoms with E-state index in [4.69, 9.17) is 0 Å². The molecule has 1 aromatic carbocycles. The van der Waals surface area contributed by atoms with Gasteiger partial charge in [-0.15, -0.1) is 12.1 Å². The normalized spacial score (nSPS) is 12.5. The summed E-state index contributed by atoms with van der Waals surface area (Å²) in [5.41, 5.74) is 5.89. The van der Waals surface area contributed by atoms with Gasteiger partial charge in [0.2, 0.25) is 0 Å². The van der Waals surface area contributed by atoms with Crippen LogP contribution in [0.1, 0.15) is 11.7 Å². The first-order chi connectivity index (χ1) is 7.05. The molecule has 2 heteroatoms. The third-order valence-corrected chi connectivity index (χ3v) is 3.97. The van der Waals surface area contributed by atoms with Gasteiger partial charge >= 0.3 is 0 Å². The number of aliphatic hydroxyl groups is 1.